The first-order chi connectivity index (χ1) is 7.86. The number of sulfonamides is 1. The summed E-state index contributed by atoms with van der Waals surface area (Å²) in [7, 11) is -2.03. The molecule has 0 fully saturated rings. The average molecular weight is 389 g/mol. The lowest BCUT2D eigenvalue weighted by Crippen LogP contribution is -2.17. The van der Waals surface area contributed by atoms with Gasteiger partial charge in [0, 0.05) is 6.42 Å². The van der Waals surface area contributed by atoms with Crippen molar-refractivity contribution in [3.8, 4) is 0 Å². The van der Waals surface area contributed by atoms with Gasteiger partial charge in [-0.15, -0.1) is 11.3 Å². The van der Waals surface area contributed by atoms with E-state index >= 15 is 0 Å². The molecule has 1 rings (SSSR count). The molecule has 5 nitrogen and oxygen atoms in total. The van der Waals surface area contributed by atoms with Crippen LogP contribution in [0.2, 0.25) is 0 Å². The Kier molecular flexibility index (Phi) is 5.35. The van der Waals surface area contributed by atoms with E-state index in [1.807, 2.05) is 0 Å². The highest BCUT2D eigenvalue weighted by molar-refractivity contribution is 14.1. The van der Waals surface area contributed by atoms with E-state index < -0.39 is 16.0 Å². The Morgan fingerprint density at radius 2 is 2.24 bits per heavy atom. The van der Waals surface area contributed by atoms with Gasteiger partial charge in [-0.3, -0.25) is 4.79 Å². The lowest BCUT2D eigenvalue weighted by molar-refractivity contribution is -0.137. The summed E-state index contributed by atoms with van der Waals surface area (Å²) in [6.07, 6.45) is 1.20. The Hall–Kier alpha value is -0.190. The fraction of sp³-hybridized carbons (Fsp3) is 0.444. The Morgan fingerprint density at radius 3 is 2.76 bits per heavy atom. The monoisotopic (exact) mass is 389 g/mol. The molecule has 1 heterocycles. The second kappa shape index (κ2) is 6.12. The molecule has 0 unspecified atom stereocenters. The van der Waals surface area contributed by atoms with Crippen LogP contribution in [-0.2, 0) is 21.2 Å². The third kappa shape index (κ3) is 4.19. The van der Waals surface area contributed by atoms with Crippen LogP contribution in [0.15, 0.2) is 10.3 Å². The number of hydrogen-bond acceptors (Lipinski definition) is 4. The molecule has 0 spiro atoms. The third-order valence-corrected chi connectivity index (χ3v) is 6.31. The van der Waals surface area contributed by atoms with Gasteiger partial charge in [0.25, 0.3) is 0 Å². The maximum absolute atomic E-state index is 11.6. The van der Waals surface area contributed by atoms with Gasteiger partial charge in [-0.05, 0) is 54.1 Å². The quantitative estimate of drug-likeness (QED) is 0.726. The lowest BCUT2D eigenvalue weighted by atomic mass is 10.1. The molecule has 0 saturated heterocycles. The van der Waals surface area contributed by atoms with E-state index in [1.54, 1.807) is 6.07 Å². The molecular weight excluding hydrogens is 377 g/mol. The standard InChI is InChI=1S/C9H12INO4S2/c1-11-17(14,15)8-5-6(9(10)16-8)3-2-4-7(12)13/h5,11H,2-4H2,1H3,(H,12,13). The number of carbonyl (C=O) groups is 1. The van der Waals surface area contributed by atoms with Gasteiger partial charge >= 0.3 is 5.97 Å². The highest BCUT2D eigenvalue weighted by atomic mass is 127. The normalized spacial score (nSPS) is 11.6. The van der Waals surface area contributed by atoms with Gasteiger partial charge in [-0.2, -0.15) is 0 Å². The van der Waals surface area contributed by atoms with Gasteiger partial charge in [0.05, 0.1) is 2.88 Å². The van der Waals surface area contributed by atoms with Crippen LogP contribution in [-0.4, -0.2) is 26.5 Å². The van der Waals surface area contributed by atoms with E-state index in [4.69, 9.17) is 5.11 Å². The molecule has 96 valence electrons. The zero-order valence-corrected chi connectivity index (χ0v) is 12.9. The predicted molar refractivity (Wildman–Crippen MR) is 73.9 cm³/mol. The van der Waals surface area contributed by atoms with Crippen molar-refractivity contribution in [1.29, 1.82) is 0 Å². The van der Waals surface area contributed by atoms with Crippen molar-refractivity contribution in [2.75, 3.05) is 7.05 Å². The van der Waals surface area contributed by atoms with Crippen LogP contribution in [0.4, 0.5) is 0 Å². The summed E-state index contributed by atoms with van der Waals surface area (Å²) in [6, 6.07) is 1.61. The number of carboxylic acids is 1. The lowest BCUT2D eigenvalue weighted by Gasteiger charge is -1.97. The Balaban J connectivity index is 2.79. The molecule has 0 aliphatic carbocycles. The second-order valence-electron chi connectivity index (χ2n) is 3.32. The minimum atomic E-state index is -3.39. The van der Waals surface area contributed by atoms with E-state index in [9.17, 15) is 13.2 Å². The number of rotatable bonds is 6. The molecule has 0 radical (unpaired) electrons. The van der Waals surface area contributed by atoms with Crippen LogP contribution in [0.25, 0.3) is 0 Å². The van der Waals surface area contributed by atoms with Crippen LogP contribution < -0.4 is 4.72 Å². The van der Waals surface area contributed by atoms with E-state index in [2.05, 4.69) is 27.3 Å². The number of hydrogen-bond donors (Lipinski definition) is 2. The van der Waals surface area contributed by atoms with E-state index in [0.717, 1.165) is 8.45 Å². The maximum atomic E-state index is 11.6. The molecule has 1 aromatic heterocycles. The molecule has 0 aliphatic rings. The van der Waals surface area contributed by atoms with Gasteiger partial charge in [0.15, 0.2) is 0 Å². The van der Waals surface area contributed by atoms with Crippen molar-refractivity contribution in [2.24, 2.45) is 0 Å². The summed E-state index contributed by atoms with van der Waals surface area (Å²) in [5, 5.41) is 8.53. The summed E-state index contributed by atoms with van der Waals surface area (Å²) in [5.41, 5.74) is 0.894. The number of carboxylic acid groups (broad SMARTS) is 1. The highest BCUT2D eigenvalue weighted by Crippen LogP contribution is 2.28. The Labute approximate surface area is 117 Å². The molecule has 0 bridgehead atoms. The average Bonchev–Trinajstić information content (AvgIpc) is 2.61. The molecular formula is C9H12INO4S2. The maximum Gasteiger partial charge on any atom is 0.303 e. The van der Waals surface area contributed by atoms with Gasteiger partial charge < -0.3 is 5.11 Å². The van der Waals surface area contributed by atoms with Crippen molar-refractivity contribution >= 4 is 49.9 Å². The molecule has 1 aromatic rings. The summed E-state index contributed by atoms with van der Waals surface area (Å²) >= 11 is 3.27. The number of aliphatic carboxylic acids is 1. The van der Waals surface area contributed by atoms with Gasteiger partial charge in [-0.1, -0.05) is 0 Å². The minimum absolute atomic E-state index is 0.0973. The predicted octanol–water partition coefficient (Wildman–Crippen LogP) is 1.67. The molecule has 0 amide bonds. The second-order valence-corrected chi connectivity index (χ2v) is 8.30. The van der Waals surface area contributed by atoms with Crippen LogP contribution in [0.3, 0.4) is 0 Å². The Bertz CT molecular complexity index is 509. The largest absolute Gasteiger partial charge is 0.481 e. The van der Waals surface area contributed by atoms with Crippen LogP contribution in [0.5, 0.6) is 0 Å². The van der Waals surface area contributed by atoms with E-state index in [0.29, 0.717) is 12.8 Å². The van der Waals surface area contributed by atoms with Crippen molar-refractivity contribution in [3.63, 3.8) is 0 Å². The van der Waals surface area contributed by atoms with Crippen molar-refractivity contribution < 1.29 is 18.3 Å². The summed E-state index contributed by atoms with van der Waals surface area (Å²) < 4.78 is 26.5. The Morgan fingerprint density at radius 1 is 1.59 bits per heavy atom. The van der Waals surface area contributed by atoms with E-state index in [-0.39, 0.29) is 10.6 Å². The number of halogens is 1. The zero-order valence-electron chi connectivity index (χ0n) is 9.07. The molecule has 0 aliphatic heterocycles. The molecule has 0 atom stereocenters. The fourth-order valence-corrected chi connectivity index (χ4v) is 4.91. The molecule has 8 heteroatoms. The SMILES string of the molecule is CNS(=O)(=O)c1cc(CCCC(=O)O)c(I)s1. The number of aryl methyl sites for hydroxylation is 1. The van der Waals surface area contributed by atoms with Crippen LogP contribution >= 0.6 is 33.9 Å². The molecule has 17 heavy (non-hydrogen) atoms. The molecule has 2 N–H and O–H groups in total. The molecule has 0 saturated carbocycles. The fourth-order valence-electron chi connectivity index (χ4n) is 1.22. The smallest absolute Gasteiger partial charge is 0.303 e. The van der Waals surface area contributed by atoms with Gasteiger partial charge in [0.2, 0.25) is 10.0 Å². The van der Waals surface area contributed by atoms with Crippen molar-refractivity contribution in [1.82, 2.24) is 4.72 Å². The highest BCUT2D eigenvalue weighted by Gasteiger charge is 2.17. The van der Waals surface area contributed by atoms with Gasteiger partial charge in [-0.25, -0.2) is 13.1 Å². The van der Waals surface area contributed by atoms with Crippen LogP contribution in [0, 0.1) is 2.88 Å². The van der Waals surface area contributed by atoms with Gasteiger partial charge in [0.1, 0.15) is 4.21 Å². The number of thiophene rings is 1. The number of nitrogens with one attached hydrogen (secondary N) is 1. The minimum Gasteiger partial charge on any atom is -0.481 e. The summed E-state index contributed by atoms with van der Waals surface area (Å²) in [6.45, 7) is 0. The van der Waals surface area contributed by atoms with Crippen molar-refractivity contribution in [3.05, 3.63) is 14.5 Å². The zero-order chi connectivity index (χ0) is 13.1. The first kappa shape index (κ1) is 14.9. The topological polar surface area (TPSA) is 83.5 Å². The first-order valence-electron chi connectivity index (χ1n) is 4.80. The van der Waals surface area contributed by atoms with Crippen molar-refractivity contribution in [2.45, 2.75) is 23.5 Å². The molecule has 0 aromatic carbocycles. The first-order valence-corrected chi connectivity index (χ1v) is 8.18. The third-order valence-electron chi connectivity index (χ3n) is 2.11. The van der Waals surface area contributed by atoms with Crippen LogP contribution in [0.1, 0.15) is 18.4 Å². The van der Waals surface area contributed by atoms with E-state index in [1.165, 1.54) is 18.4 Å². The summed E-state index contributed by atoms with van der Waals surface area (Å²) in [5.74, 6) is -0.835. The summed E-state index contributed by atoms with van der Waals surface area (Å²) in [4.78, 5) is 10.4.